The molecule has 312 valence electrons. The van der Waals surface area contributed by atoms with E-state index in [0.717, 1.165) is 72.9 Å². The van der Waals surface area contributed by atoms with Crippen LogP contribution in [0.2, 0.25) is 0 Å². The molecular formula is C60H48BN3O. The lowest BCUT2D eigenvalue weighted by atomic mass is 9.33. The first-order valence-electron chi connectivity index (χ1n) is 22.7. The fraction of sp³-hybridized carbons (Fsp3) is 0.100. The van der Waals surface area contributed by atoms with E-state index in [4.69, 9.17) is 4.42 Å². The van der Waals surface area contributed by atoms with Gasteiger partial charge in [0.05, 0.1) is 5.69 Å². The first-order chi connectivity index (χ1) is 31.7. The van der Waals surface area contributed by atoms with E-state index in [1.54, 1.807) is 0 Å². The number of aryl methyl sites for hydroxylation is 6. The Morgan fingerprint density at radius 1 is 0.400 bits per heavy atom. The summed E-state index contributed by atoms with van der Waals surface area (Å²) in [5, 5.41) is 2.25. The Morgan fingerprint density at radius 3 is 1.58 bits per heavy atom. The third-order valence-electron chi connectivity index (χ3n) is 13.6. The van der Waals surface area contributed by atoms with Gasteiger partial charge in [-0.2, -0.15) is 0 Å². The van der Waals surface area contributed by atoms with Crippen LogP contribution in [0.4, 0.5) is 51.2 Å². The zero-order valence-electron chi connectivity index (χ0n) is 37.6. The van der Waals surface area contributed by atoms with Gasteiger partial charge in [0, 0.05) is 67.4 Å². The van der Waals surface area contributed by atoms with Gasteiger partial charge < -0.3 is 19.1 Å². The van der Waals surface area contributed by atoms with Crippen LogP contribution in [-0.2, 0) is 0 Å². The molecule has 12 rings (SSSR count). The van der Waals surface area contributed by atoms with Gasteiger partial charge in [-0.1, -0.05) is 137 Å². The molecule has 0 atom stereocenters. The molecule has 5 heteroatoms. The van der Waals surface area contributed by atoms with Crippen LogP contribution < -0.4 is 31.1 Å². The number of hydrogen-bond donors (Lipinski definition) is 0. The van der Waals surface area contributed by atoms with Crippen molar-refractivity contribution in [2.24, 2.45) is 0 Å². The van der Waals surface area contributed by atoms with Gasteiger partial charge in [-0.15, -0.1) is 0 Å². The zero-order valence-corrected chi connectivity index (χ0v) is 37.6. The lowest BCUT2D eigenvalue weighted by molar-refractivity contribution is 0.670. The molecule has 0 N–H and O–H groups in total. The topological polar surface area (TPSA) is 22.9 Å². The molecule has 0 unspecified atom stereocenters. The molecule has 0 fully saturated rings. The summed E-state index contributed by atoms with van der Waals surface area (Å²) in [6.45, 7) is 13.1. The fourth-order valence-electron chi connectivity index (χ4n) is 10.5. The summed E-state index contributed by atoms with van der Waals surface area (Å²) >= 11 is 0. The Labute approximate surface area is 381 Å². The van der Waals surface area contributed by atoms with Crippen LogP contribution in [0.3, 0.4) is 0 Å². The van der Waals surface area contributed by atoms with Crippen molar-refractivity contribution in [3.63, 3.8) is 0 Å². The van der Waals surface area contributed by atoms with Gasteiger partial charge in [0.25, 0.3) is 6.71 Å². The quantitative estimate of drug-likeness (QED) is 0.156. The SMILES string of the molecule is Cc1ccc(N(c2ccc(C)cc2)c2cc3c4c(c2)N(c2ccc(C)cc2)c2c(cc(C)cc2-c2cccc5c2oc2ccccc25)B4c2cc(C)ccc2N3c2ccc(C)cc2)cc1. The van der Waals surface area contributed by atoms with E-state index in [9.17, 15) is 0 Å². The highest BCUT2D eigenvalue weighted by atomic mass is 16.3. The number of hydrogen-bond acceptors (Lipinski definition) is 4. The molecule has 3 heterocycles. The van der Waals surface area contributed by atoms with Crippen molar-refractivity contribution in [3.05, 3.63) is 215 Å². The number of anilines is 9. The second-order valence-electron chi connectivity index (χ2n) is 18.3. The summed E-state index contributed by atoms with van der Waals surface area (Å²) in [4.78, 5) is 7.50. The highest BCUT2D eigenvalue weighted by molar-refractivity contribution is 7.00. The van der Waals surface area contributed by atoms with E-state index < -0.39 is 0 Å². The van der Waals surface area contributed by atoms with Crippen LogP contribution in [-0.4, -0.2) is 6.71 Å². The van der Waals surface area contributed by atoms with Crippen LogP contribution in [0.25, 0.3) is 33.1 Å². The molecular weight excluding hydrogens is 789 g/mol. The first kappa shape index (κ1) is 38.9. The number of rotatable bonds is 6. The zero-order chi connectivity index (χ0) is 44.1. The van der Waals surface area contributed by atoms with Crippen molar-refractivity contribution < 1.29 is 4.42 Å². The standard InChI is InChI=1S/C60H48BN3O/c1-37-14-23-43(24-15-37)62(44-25-16-38(2)17-26-44)47-35-55-58-56(36-47)64(46-29-20-40(4)21-30-46)59-51(50-12-9-11-49-48-10-7-8-13-57(48)65-60(49)50)32-42(6)34-53(59)61(58)52-33-41(5)22-31-54(52)63(55)45-27-18-39(3)19-28-45/h7-36H,1-6H3. The minimum absolute atomic E-state index is 0.0666. The van der Waals surface area contributed by atoms with Crippen LogP contribution in [0.15, 0.2) is 186 Å². The number of furan rings is 1. The van der Waals surface area contributed by atoms with Crippen molar-refractivity contribution in [2.45, 2.75) is 41.5 Å². The van der Waals surface area contributed by atoms with Crippen molar-refractivity contribution in [2.75, 3.05) is 14.7 Å². The summed E-state index contributed by atoms with van der Waals surface area (Å²) in [7, 11) is 0. The van der Waals surface area contributed by atoms with Crippen molar-refractivity contribution in [1.82, 2.24) is 0 Å². The van der Waals surface area contributed by atoms with Gasteiger partial charge in [-0.25, -0.2) is 0 Å². The summed E-state index contributed by atoms with van der Waals surface area (Å²) < 4.78 is 6.86. The minimum Gasteiger partial charge on any atom is -0.455 e. The molecule has 2 aliphatic rings. The van der Waals surface area contributed by atoms with Gasteiger partial charge in [0.2, 0.25) is 0 Å². The predicted molar refractivity (Wildman–Crippen MR) is 276 cm³/mol. The maximum Gasteiger partial charge on any atom is 0.252 e. The Kier molecular flexibility index (Phi) is 8.93. The molecule has 9 aromatic carbocycles. The van der Waals surface area contributed by atoms with Gasteiger partial charge >= 0.3 is 0 Å². The lowest BCUT2D eigenvalue weighted by Gasteiger charge is -2.45. The van der Waals surface area contributed by atoms with Crippen LogP contribution in [0.5, 0.6) is 0 Å². The number of fused-ring (bicyclic) bond motifs is 7. The van der Waals surface area contributed by atoms with E-state index in [0.29, 0.717) is 0 Å². The van der Waals surface area contributed by atoms with Crippen LogP contribution in [0.1, 0.15) is 33.4 Å². The maximum atomic E-state index is 6.86. The normalized spacial score (nSPS) is 12.7. The Morgan fingerprint density at radius 2 is 0.938 bits per heavy atom. The molecule has 0 saturated heterocycles. The second-order valence-corrected chi connectivity index (χ2v) is 18.3. The molecule has 0 radical (unpaired) electrons. The van der Waals surface area contributed by atoms with E-state index >= 15 is 0 Å². The molecule has 0 saturated carbocycles. The third kappa shape index (κ3) is 6.29. The van der Waals surface area contributed by atoms with E-state index in [-0.39, 0.29) is 6.71 Å². The molecule has 4 nitrogen and oxygen atoms in total. The van der Waals surface area contributed by atoms with Gasteiger partial charge in [-0.05, 0) is 137 Å². The smallest absolute Gasteiger partial charge is 0.252 e. The number of benzene rings is 9. The van der Waals surface area contributed by atoms with Crippen molar-refractivity contribution in [3.8, 4) is 11.1 Å². The van der Waals surface area contributed by atoms with Gasteiger partial charge in [0.15, 0.2) is 0 Å². The molecule has 10 aromatic rings. The highest BCUT2D eigenvalue weighted by Gasteiger charge is 2.45. The lowest BCUT2D eigenvalue weighted by Crippen LogP contribution is -2.61. The average Bonchev–Trinajstić information content (AvgIpc) is 3.70. The third-order valence-corrected chi connectivity index (χ3v) is 13.6. The molecule has 0 spiro atoms. The number of nitrogens with zero attached hydrogens (tertiary/aromatic N) is 3. The molecule has 0 aliphatic carbocycles. The highest BCUT2D eigenvalue weighted by Crippen LogP contribution is 2.51. The summed E-state index contributed by atoms with van der Waals surface area (Å²) in [5.41, 5.74) is 25.4. The predicted octanol–water partition coefficient (Wildman–Crippen LogP) is 14.7. The van der Waals surface area contributed by atoms with Crippen molar-refractivity contribution in [1.29, 1.82) is 0 Å². The Bertz CT molecular complexity index is 3450. The maximum absolute atomic E-state index is 6.86. The van der Waals surface area contributed by atoms with E-state index in [1.165, 1.54) is 61.1 Å². The Balaban J connectivity index is 1.24. The van der Waals surface area contributed by atoms with Crippen molar-refractivity contribution >= 4 is 96.2 Å². The van der Waals surface area contributed by atoms with Crippen LogP contribution in [0, 0.1) is 41.5 Å². The first-order valence-corrected chi connectivity index (χ1v) is 22.7. The largest absolute Gasteiger partial charge is 0.455 e. The molecule has 2 aliphatic heterocycles. The van der Waals surface area contributed by atoms with E-state index in [1.807, 2.05) is 0 Å². The minimum atomic E-state index is -0.0666. The monoisotopic (exact) mass is 837 g/mol. The summed E-state index contributed by atoms with van der Waals surface area (Å²) in [5.74, 6) is 0. The van der Waals surface area contributed by atoms with Crippen LogP contribution >= 0.6 is 0 Å². The second kappa shape index (κ2) is 14.9. The average molecular weight is 838 g/mol. The van der Waals surface area contributed by atoms with Gasteiger partial charge in [-0.3, -0.25) is 0 Å². The molecule has 65 heavy (non-hydrogen) atoms. The summed E-state index contributed by atoms with van der Waals surface area (Å²) in [6.07, 6.45) is 0. The Hall–Kier alpha value is -7.76. The molecule has 0 amide bonds. The number of para-hydroxylation sites is 2. The van der Waals surface area contributed by atoms with Gasteiger partial charge in [0.1, 0.15) is 11.2 Å². The fourth-order valence-corrected chi connectivity index (χ4v) is 10.5. The van der Waals surface area contributed by atoms with E-state index in [2.05, 4.69) is 238 Å². The summed E-state index contributed by atoms with van der Waals surface area (Å²) in [6, 6.07) is 67.8. The molecule has 0 bridgehead atoms. The molecule has 1 aromatic heterocycles.